The van der Waals surface area contributed by atoms with Gasteiger partial charge >= 0.3 is 0 Å². The van der Waals surface area contributed by atoms with E-state index in [1.807, 2.05) is 25.1 Å². The molecule has 2 amide bonds. The maximum atomic E-state index is 13.4. The molecule has 0 aliphatic carbocycles. The van der Waals surface area contributed by atoms with E-state index < -0.39 is 11.8 Å². The van der Waals surface area contributed by atoms with E-state index in [9.17, 15) is 9.59 Å². The number of nitrogens with one attached hydrogen (secondary N) is 1. The molecule has 1 aliphatic rings. The zero-order chi connectivity index (χ0) is 26.7. The van der Waals surface area contributed by atoms with E-state index in [0.29, 0.717) is 28.7 Å². The Morgan fingerprint density at radius 2 is 1.76 bits per heavy atom. The van der Waals surface area contributed by atoms with Crippen LogP contribution in [-0.4, -0.2) is 23.5 Å². The molecular formula is C26H18Cl3IN2O4S. The molecule has 1 aliphatic heterocycles. The molecule has 0 atom stereocenters. The van der Waals surface area contributed by atoms with Crippen LogP contribution in [0, 0.1) is 3.57 Å². The van der Waals surface area contributed by atoms with Gasteiger partial charge in [0.05, 0.1) is 25.9 Å². The molecule has 190 valence electrons. The number of halogens is 4. The summed E-state index contributed by atoms with van der Waals surface area (Å²) in [6.45, 7) is 2.47. The number of hydrogen-bond acceptors (Lipinski definition) is 5. The Morgan fingerprint density at radius 3 is 2.49 bits per heavy atom. The standard InChI is InChI=1S/C26H18Cl3IN2O4S/c1-2-35-21-12-14(11-19(30)23(21)36-13-15-6-3-4-7-17(15)27)10-16-24(33)31-26(37)32(25(16)34)20-9-5-8-18(28)22(20)29/h3-12H,2,13H2,1H3,(H,31,33,37)/b16-10+. The Balaban J connectivity index is 1.69. The predicted octanol–water partition coefficient (Wildman–Crippen LogP) is 7.06. The largest absolute Gasteiger partial charge is 0.490 e. The van der Waals surface area contributed by atoms with Crippen molar-refractivity contribution in [3.05, 3.63) is 89.9 Å². The van der Waals surface area contributed by atoms with E-state index in [2.05, 4.69) is 27.9 Å². The third kappa shape index (κ3) is 6.04. The summed E-state index contributed by atoms with van der Waals surface area (Å²) in [6.07, 6.45) is 1.47. The first-order chi connectivity index (χ1) is 17.7. The number of carbonyl (C=O) groups is 2. The van der Waals surface area contributed by atoms with E-state index in [0.717, 1.165) is 14.0 Å². The molecule has 1 heterocycles. The lowest BCUT2D eigenvalue weighted by Gasteiger charge is -2.29. The molecule has 37 heavy (non-hydrogen) atoms. The Kier molecular flexibility index (Phi) is 8.97. The Bertz CT molecular complexity index is 1450. The summed E-state index contributed by atoms with van der Waals surface area (Å²) in [4.78, 5) is 27.3. The van der Waals surface area contributed by atoms with Crippen molar-refractivity contribution in [2.75, 3.05) is 11.5 Å². The average Bonchev–Trinajstić information content (AvgIpc) is 2.85. The van der Waals surface area contributed by atoms with E-state index in [4.69, 9.17) is 56.5 Å². The molecule has 0 saturated carbocycles. The topological polar surface area (TPSA) is 67.9 Å². The number of carbonyl (C=O) groups excluding carboxylic acids is 2. The lowest BCUT2D eigenvalue weighted by Crippen LogP contribution is -2.54. The summed E-state index contributed by atoms with van der Waals surface area (Å²) in [6, 6.07) is 15.7. The Hall–Kier alpha value is -2.37. The third-order valence-corrected chi connectivity index (χ3v) is 7.51. The van der Waals surface area contributed by atoms with Gasteiger partial charge in [0.2, 0.25) is 0 Å². The van der Waals surface area contributed by atoms with Gasteiger partial charge in [-0.2, -0.15) is 0 Å². The molecular weight excluding hydrogens is 670 g/mol. The Morgan fingerprint density at radius 1 is 1.03 bits per heavy atom. The SMILES string of the molecule is CCOc1cc(/C=C2\C(=O)NC(=S)N(c3cccc(Cl)c3Cl)C2=O)cc(I)c1OCc1ccccc1Cl. The minimum absolute atomic E-state index is 0.0933. The number of rotatable bonds is 7. The van der Waals surface area contributed by atoms with E-state index >= 15 is 0 Å². The highest BCUT2D eigenvalue weighted by atomic mass is 127. The summed E-state index contributed by atoms with van der Waals surface area (Å²) in [7, 11) is 0. The lowest BCUT2D eigenvalue weighted by atomic mass is 10.1. The minimum Gasteiger partial charge on any atom is -0.490 e. The second-order valence-electron chi connectivity index (χ2n) is 7.67. The normalized spacial score (nSPS) is 14.7. The van der Waals surface area contributed by atoms with Crippen LogP contribution in [0.3, 0.4) is 0 Å². The van der Waals surface area contributed by atoms with Crippen LogP contribution in [0.25, 0.3) is 6.08 Å². The van der Waals surface area contributed by atoms with Gasteiger partial charge in [-0.05, 0) is 83.7 Å². The van der Waals surface area contributed by atoms with Crippen LogP contribution in [-0.2, 0) is 16.2 Å². The smallest absolute Gasteiger partial charge is 0.270 e. The fourth-order valence-corrected chi connectivity index (χ4v) is 5.17. The lowest BCUT2D eigenvalue weighted by molar-refractivity contribution is -0.122. The van der Waals surface area contributed by atoms with Crippen molar-refractivity contribution in [3.8, 4) is 11.5 Å². The Labute approximate surface area is 247 Å². The number of thiocarbonyl (C=S) groups is 1. The van der Waals surface area contributed by atoms with Crippen LogP contribution in [0.4, 0.5) is 5.69 Å². The fourth-order valence-electron chi connectivity index (χ4n) is 3.55. The van der Waals surface area contributed by atoms with Crippen molar-refractivity contribution in [2.45, 2.75) is 13.5 Å². The number of amides is 2. The van der Waals surface area contributed by atoms with Crippen LogP contribution in [0.15, 0.2) is 60.2 Å². The third-order valence-electron chi connectivity index (χ3n) is 5.25. The van der Waals surface area contributed by atoms with Gasteiger partial charge in [0.1, 0.15) is 12.2 Å². The monoisotopic (exact) mass is 686 g/mol. The summed E-state index contributed by atoms with van der Waals surface area (Å²) < 4.78 is 12.6. The molecule has 0 unspecified atom stereocenters. The molecule has 3 aromatic rings. The van der Waals surface area contributed by atoms with Crippen molar-refractivity contribution in [2.24, 2.45) is 0 Å². The van der Waals surface area contributed by atoms with Crippen molar-refractivity contribution < 1.29 is 19.1 Å². The minimum atomic E-state index is -0.634. The summed E-state index contributed by atoms with van der Waals surface area (Å²) in [5.41, 5.74) is 1.52. The zero-order valence-electron chi connectivity index (χ0n) is 19.2. The average molecular weight is 688 g/mol. The first-order valence-electron chi connectivity index (χ1n) is 10.9. The van der Waals surface area contributed by atoms with E-state index in [-0.39, 0.29) is 33.0 Å². The van der Waals surface area contributed by atoms with Gasteiger partial charge in [-0.15, -0.1) is 0 Å². The molecule has 3 aromatic carbocycles. The molecule has 11 heteroatoms. The molecule has 0 radical (unpaired) electrons. The predicted molar refractivity (Wildman–Crippen MR) is 159 cm³/mol. The number of hydrogen-bond donors (Lipinski definition) is 1. The molecule has 4 rings (SSSR count). The van der Waals surface area contributed by atoms with Gasteiger partial charge in [-0.3, -0.25) is 19.8 Å². The maximum absolute atomic E-state index is 13.4. The molecule has 1 fully saturated rings. The molecule has 1 saturated heterocycles. The summed E-state index contributed by atoms with van der Waals surface area (Å²) >= 11 is 26.1. The summed E-state index contributed by atoms with van der Waals surface area (Å²) in [5.74, 6) is -0.277. The number of ether oxygens (including phenoxy) is 2. The highest BCUT2D eigenvalue weighted by molar-refractivity contribution is 14.1. The molecule has 1 N–H and O–H groups in total. The quantitative estimate of drug-likeness (QED) is 0.125. The molecule has 0 bridgehead atoms. The first kappa shape index (κ1) is 27.7. The first-order valence-corrected chi connectivity index (χ1v) is 13.5. The number of benzene rings is 3. The number of anilines is 1. The number of nitrogens with zero attached hydrogens (tertiary/aromatic N) is 1. The van der Waals surface area contributed by atoms with Gasteiger partial charge in [-0.25, -0.2) is 0 Å². The van der Waals surface area contributed by atoms with Gasteiger partial charge in [0.25, 0.3) is 11.8 Å². The maximum Gasteiger partial charge on any atom is 0.270 e. The van der Waals surface area contributed by atoms with E-state index in [1.165, 1.54) is 6.08 Å². The molecule has 0 aromatic heterocycles. The highest BCUT2D eigenvalue weighted by Gasteiger charge is 2.35. The highest BCUT2D eigenvalue weighted by Crippen LogP contribution is 2.37. The summed E-state index contributed by atoms with van der Waals surface area (Å²) in [5, 5.41) is 3.44. The van der Waals surface area contributed by atoms with Crippen LogP contribution >= 0.6 is 69.6 Å². The van der Waals surface area contributed by atoms with Gasteiger partial charge in [-0.1, -0.05) is 59.1 Å². The molecule has 6 nitrogen and oxygen atoms in total. The van der Waals surface area contributed by atoms with Crippen LogP contribution < -0.4 is 19.7 Å². The second kappa shape index (κ2) is 12.0. The fraction of sp³-hybridized carbons (Fsp3) is 0.115. The van der Waals surface area contributed by atoms with Gasteiger partial charge in [0.15, 0.2) is 16.6 Å². The van der Waals surface area contributed by atoms with Crippen molar-refractivity contribution in [1.82, 2.24) is 5.32 Å². The van der Waals surface area contributed by atoms with Crippen LogP contribution in [0.1, 0.15) is 18.1 Å². The van der Waals surface area contributed by atoms with Crippen molar-refractivity contribution >= 4 is 98.3 Å². The van der Waals surface area contributed by atoms with E-state index in [1.54, 1.807) is 36.4 Å². The van der Waals surface area contributed by atoms with Crippen molar-refractivity contribution in [1.29, 1.82) is 0 Å². The molecule has 0 spiro atoms. The van der Waals surface area contributed by atoms with Gasteiger partial charge < -0.3 is 9.47 Å². The van der Waals surface area contributed by atoms with Crippen LogP contribution in [0.5, 0.6) is 11.5 Å². The van der Waals surface area contributed by atoms with Crippen LogP contribution in [0.2, 0.25) is 15.1 Å². The van der Waals surface area contributed by atoms with Crippen molar-refractivity contribution in [3.63, 3.8) is 0 Å². The van der Waals surface area contributed by atoms with Gasteiger partial charge in [0, 0.05) is 10.6 Å². The zero-order valence-corrected chi connectivity index (χ0v) is 24.4. The second-order valence-corrected chi connectivity index (χ2v) is 10.4.